The van der Waals surface area contributed by atoms with Crippen LogP contribution >= 0.6 is 0 Å². The van der Waals surface area contributed by atoms with Crippen LogP contribution in [0.15, 0.2) is 30.5 Å². The lowest BCUT2D eigenvalue weighted by atomic mass is 9.94. The van der Waals surface area contributed by atoms with Gasteiger partial charge in [0, 0.05) is 19.3 Å². The van der Waals surface area contributed by atoms with Gasteiger partial charge >= 0.3 is 0 Å². The fraction of sp³-hybridized carbons (Fsp3) is 0.500. The lowest BCUT2D eigenvalue weighted by molar-refractivity contribution is 0.464. The molecule has 0 aliphatic heterocycles. The highest BCUT2D eigenvalue weighted by atomic mass is 19.1. The predicted octanol–water partition coefficient (Wildman–Crippen LogP) is 2.11. The number of hydrogen-bond donors (Lipinski definition) is 1. The van der Waals surface area contributed by atoms with Crippen molar-refractivity contribution in [1.29, 1.82) is 0 Å². The molecule has 1 atom stereocenters. The number of nitrogens with zero attached hydrogens (tertiary/aromatic N) is 3. The van der Waals surface area contributed by atoms with E-state index in [9.17, 15) is 4.39 Å². The molecule has 1 aliphatic rings. The first-order valence-electron chi connectivity index (χ1n) is 7.52. The van der Waals surface area contributed by atoms with Crippen LogP contribution in [-0.2, 0) is 19.9 Å². The Bertz CT molecular complexity index is 574. The highest BCUT2D eigenvalue weighted by Gasteiger charge is 2.22. The quantitative estimate of drug-likeness (QED) is 0.848. The van der Waals surface area contributed by atoms with Crippen molar-refractivity contribution in [3.05, 3.63) is 47.5 Å². The van der Waals surface area contributed by atoms with Gasteiger partial charge in [-0.15, -0.1) is 5.10 Å². The van der Waals surface area contributed by atoms with Crippen molar-refractivity contribution >= 4 is 0 Å². The van der Waals surface area contributed by atoms with E-state index < -0.39 is 0 Å². The van der Waals surface area contributed by atoms with Gasteiger partial charge in [0.1, 0.15) is 5.82 Å². The van der Waals surface area contributed by atoms with Crippen LogP contribution in [0.25, 0.3) is 0 Å². The van der Waals surface area contributed by atoms with E-state index in [1.165, 1.54) is 30.5 Å². The van der Waals surface area contributed by atoms with Gasteiger partial charge in [0.2, 0.25) is 0 Å². The summed E-state index contributed by atoms with van der Waals surface area (Å²) in [6.45, 7) is 0.971. The number of nitrogens with one attached hydrogen (secondary N) is 1. The lowest BCUT2D eigenvalue weighted by Crippen LogP contribution is -2.27. The Morgan fingerprint density at radius 3 is 2.67 bits per heavy atom. The van der Waals surface area contributed by atoms with Gasteiger partial charge in [-0.1, -0.05) is 17.3 Å². The normalized spacial score (nSPS) is 16.1. The molecule has 2 aromatic rings. The largest absolute Gasteiger partial charge is 0.314 e. The van der Waals surface area contributed by atoms with E-state index >= 15 is 0 Å². The van der Waals surface area contributed by atoms with Gasteiger partial charge in [-0.05, 0) is 55.8 Å². The van der Waals surface area contributed by atoms with E-state index in [0.717, 1.165) is 25.1 Å². The number of aryl methyl sites for hydroxylation is 1. The van der Waals surface area contributed by atoms with Crippen molar-refractivity contribution in [1.82, 2.24) is 20.3 Å². The van der Waals surface area contributed by atoms with E-state index in [-0.39, 0.29) is 5.82 Å². The molecule has 0 radical (unpaired) electrons. The predicted molar refractivity (Wildman–Crippen MR) is 79.3 cm³/mol. The second kappa shape index (κ2) is 6.35. The van der Waals surface area contributed by atoms with Gasteiger partial charge in [-0.25, -0.2) is 4.39 Å². The van der Waals surface area contributed by atoms with Gasteiger partial charge < -0.3 is 5.32 Å². The maximum absolute atomic E-state index is 13.0. The molecule has 0 amide bonds. The molecule has 0 spiro atoms. The van der Waals surface area contributed by atoms with Gasteiger partial charge in [0.05, 0.1) is 5.69 Å². The van der Waals surface area contributed by atoms with Gasteiger partial charge in [0.25, 0.3) is 0 Å². The van der Waals surface area contributed by atoms with Crippen LogP contribution in [0.3, 0.4) is 0 Å². The zero-order chi connectivity index (χ0) is 14.7. The second-order valence-corrected chi connectivity index (χ2v) is 5.97. The third-order valence-electron chi connectivity index (χ3n) is 3.86. The molecule has 1 unspecified atom stereocenters. The zero-order valence-corrected chi connectivity index (χ0v) is 12.3. The first-order chi connectivity index (χ1) is 10.2. The molecule has 1 aromatic carbocycles. The maximum atomic E-state index is 13.0. The van der Waals surface area contributed by atoms with Crippen molar-refractivity contribution in [3.63, 3.8) is 0 Å². The van der Waals surface area contributed by atoms with Crippen LogP contribution in [0, 0.1) is 11.7 Å². The summed E-state index contributed by atoms with van der Waals surface area (Å²) in [4.78, 5) is 0. The van der Waals surface area contributed by atoms with E-state index in [2.05, 4.69) is 15.6 Å². The summed E-state index contributed by atoms with van der Waals surface area (Å²) in [5, 5.41) is 11.8. The molecule has 1 fully saturated rings. The Morgan fingerprint density at radius 1 is 1.29 bits per heavy atom. The smallest absolute Gasteiger partial charge is 0.123 e. The van der Waals surface area contributed by atoms with Crippen LogP contribution in [0.1, 0.15) is 24.1 Å². The first-order valence-corrected chi connectivity index (χ1v) is 7.52. The summed E-state index contributed by atoms with van der Waals surface area (Å²) < 4.78 is 14.7. The van der Waals surface area contributed by atoms with Crippen molar-refractivity contribution in [3.8, 4) is 0 Å². The molecule has 5 heteroatoms. The van der Waals surface area contributed by atoms with Crippen LogP contribution < -0.4 is 5.32 Å². The molecule has 1 saturated carbocycles. The molecule has 1 N–H and O–H groups in total. The minimum atomic E-state index is -0.180. The molecule has 112 valence electrons. The van der Waals surface area contributed by atoms with E-state index in [1.807, 2.05) is 25.4 Å². The summed E-state index contributed by atoms with van der Waals surface area (Å²) in [7, 11) is 1.88. The standard InChI is InChI=1S/C16H21FN4/c1-21-11-16(19-20-21)9-13(10-18-15-6-7-15)8-12-2-4-14(17)5-3-12/h2-5,11,13,15,18H,6-10H2,1H3. The van der Waals surface area contributed by atoms with Crippen LogP contribution in [0.5, 0.6) is 0 Å². The van der Waals surface area contributed by atoms with Gasteiger partial charge in [0.15, 0.2) is 0 Å². The molecular weight excluding hydrogens is 267 g/mol. The Balaban J connectivity index is 1.63. The number of aromatic nitrogens is 3. The minimum absolute atomic E-state index is 0.180. The fourth-order valence-electron chi connectivity index (χ4n) is 2.58. The Kier molecular flexibility index (Phi) is 4.29. The summed E-state index contributed by atoms with van der Waals surface area (Å²) in [5.41, 5.74) is 2.19. The van der Waals surface area contributed by atoms with Crippen LogP contribution in [0.4, 0.5) is 4.39 Å². The Morgan fingerprint density at radius 2 is 2.05 bits per heavy atom. The van der Waals surface area contributed by atoms with E-state index in [1.54, 1.807) is 4.68 Å². The third-order valence-corrected chi connectivity index (χ3v) is 3.86. The average Bonchev–Trinajstić information content (AvgIpc) is 3.21. The van der Waals surface area contributed by atoms with E-state index in [4.69, 9.17) is 0 Å². The minimum Gasteiger partial charge on any atom is -0.314 e. The Labute approximate surface area is 124 Å². The summed E-state index contributed by atoms with van der Waals surface area (Å²) in [5.74, 6) is 0.271. The molecule has 0 saturated heterocycles. The first kappa shape index (κ1) is 14.2. The monoisotopic (exact) mass is 288 g/mol. The summed E-state index contributed by atoms with van der Waals surface area (Å²) >= 11 is 0. The molecule has 0 bridgehead atoms. The highest BCUT2D eigenvalue weighted by Crippen LogP contribution is 2.20. The van der Waals surface area contributed by atoms with Crippen LogP contribution in [-0.4, -0.2) is 27.6 Å². The number of rotatable bonds is 7. The molecule has 1 aliphatic carbocycles. The third kappa shape index (κ3) is 4.36. The Hall–Kier alpha value is -1.75. The SMILES string of the molecule is Cn1cc(CC(CNC2CC2)Cc2ccc(F)cc2)nn1. The van der Waals surface area contributed by atoms with Crippen molar-refractivity contribution in [2.75, 3.05) is 6.54 Å². The van der Waals surface area contributed by atoms with E-state index in [0.29, 0.717) is 12.0 Å². The lowest BCUT2D eigenvalue weighted by Gasteiger charge is -2.16. The number of benzene rings is 1. The molecule has 21 heavy (non-hydrogen) atoms. The summed E-state index contributed by atoms with van der Waals surface area (Å²) in [6, 6.07) is 7.50. The van der Waals surface area contributed by atoms with Crippen LogP contribution in [0.2, 0.25) is 0 Å². The topological polar surface area (TPSA) is 42.7 Å². The molecular formula is C16H21FN4. The number of hydrogen-bond acceptors (Lipinski definition) is 3. The molecule has 4 nitrogen and oxygen atoms in total. The summed E-state index contributed by atoms with van der Waals surface area (Å²) in [6.07, 6.45) is 6.36. The molecule has 3 rings (SSSR count). The molecule has 1 heterocycles. The second-order valence-electron chi connectivity index (χ2n) is 5.97. The fourth-order valence-corrected chi connectivity index (χ4v) is 2.58. The molecule has 1 aromatic heterocycles. The maximum Gasteiger partial charge on any atom is 0.123 e. The van der Waals surface area contributed by atoms with Gasteiger partial charge in [-0.3, -0.25) is 4.68 Å². The van der Waals surface area contributed by atoms with Crippen molar-refractivity contribution in [2.24, 2.45) is 13.0 Å². The number of halogens is 1. The zero-order valence-electron chi connectivity index (χ0n) is 12.3. The van der Waals surface area contributed by atoms with Crippen molar-refractivity contribution < 1.29 is 4.39 Å². The highest BCUT2D eigenvalue weighted by molar-refractivity contribution is 5.17. The van der Waals surface area contributed by atoms with Crippen molar-refractivity contribution in [2.45, 2.75) is 31.7 Å². The average molecular weight is 288 g/mol. The van der Waals surface area contributed by atoms with Gasteiger partial charge in [-0.2, -0.15) is 0 Å².